The van der Waals surface area contributed by atoms with E-state index in [4.69, 9.17) is 16.3 Å². The molecule has 2 rings (SSSR count). The topological polar surface area (TPSA) is 89.8 Å². The highest BCUT2D eigenvalue weighted by Gasteiger charge is 2.30. The van der Waals surface area contributed by atoms with Gasteiger partial charge in [0.05, 0.1) is 16.0 Å². The van der Waals surface area contributed by atoms with E-state index in [-0.39, 0.29) is 28.3 Å². The number of nitrogens with zero attached hydrogens (tertiary/aromatic N) is 2. The van der Waals surface area contributed by atoms with Gasteiger partial charge >= 0.3 is 0 Å². The van der Waals surface area contributed by atoms with Gasteiger partial charge < -0.3 is 4.74 Å². The van der Waals surface area contributed by atoms with Crippen molar-refractivity contribution in [3.63, 3.8) is 0 Å². The molecule has 0 spiro atoms. The molecule has 7 nitrogen and oxygen atoms in total. The summed E-state index contributed by atoms with van der Waals surface area (Å²) in [6.45, 7) is 2.76. The van der Waals surface area contributed by atoms with Crippen LogP contribution in [0, 0.1) is 10.1 Å². The number of benzene rings is 1. The van der Waals surface area contributed by atoms with Crippen LogP contribution in [-0.2, 0) is 14.8 Å². The highest BCUT2D eigenvalue weighted by atomic mass is 35.5. The quantitative estimate of drug-likeness (QED) is 0.623. The molecule has 1 heterocycles. The minimum Gasteiger partial charge on any atom is -0.377 e. The normalized spacial score (nSPS) is 21.0. The smallest absolute Gasteiger partial charge is 0.270 e. The van der Waals surface area contributed by atoms with E-state index >= 15 is 0 Å². The fourth-order valence-electron chi connectivity index (χ4n) is 2.12. The second kappa shape index (κ2) is 6.27. The maximum absolute atomic E-state index is 12.6. The predicted molar refractivity (Wildman–Crippen MR) is 76.9 cm³/mol. The highest BCUT2D eigenvalue weighted by molar-refractivity contribution is 7.89. The van der Waals surface area contributed by atoms with Crippen LogP contribution < -0.4 is 0 Å². The van der Waals surface area contributed by atoms with Crippen LogP contribution in [0.15, 0.2) is 23.1 Å². The molecule has 1 saturated heterocycles. The molecule has 1 aliphatic heterocycles. The average molecular weight is 335 g/mol. The van der Waals surface area contributed by atoms with Crippen molar-refractivity contribution in [2.75, 3.05) is 19.7 Å². The van der Waals surface area contributed by atoms with Crippen molar-refractivity contribution in [1.29, 1.82) is 0 Å². The Morgan fingerprint density at radius 2 is 2.19 bits per heavy atom. The first-order chi connectivity index (χ1) is 9.82. The second-order valence-electron chi connectivity index (χ2n) is 4.77. The maximum atomic E-state index is 12.6. The van der Waals surface area contributed by atoms with Crippen LogP contribution in [0.5, 0.6) is 0 Å². The molecular weight excluding hydrogens is 320 g/mol. The summed E-state index contributed by atoms with van der Waals surface area (Å²) in [6, 6.07) is 3.40. The molecule has 0 bridgehead atoms. The third-order valence-electron chi connectivity index (χ3n) is 3.16. The van der Waals surface area contributed by atoms with Crippen molar-refractivity contribution in [3.8, 4) is 0 Å². The second-order valence-corrected chi connectivity index (χ2v) is 7.08. The zero-order valence-corrected chi connectivity index (χ0v) is 12.9. The van der Waals surface area contributed by atoms with E-state index in [1.165, 1.54) is 16.4 Å². The molecule has 1 aromatic carbocycles. The molecule has 116 valence electrons. The fraction of sp³-hybridized carbons (Fsp3) is 0.500. The summed E-state index contributed by atoms with van der Waals surface area (Å²) in [4.78, 5) is 9.92. The number of hydrogen-bond acceptors (Lipinski definition) is 5. The summed E-state index contributed by atoms with van der Waals surface area (Å²) >= 11 is 5.92. The summed E-state index contributed by atoms with van der Waals surface area (Å²) in [5.41, 5.74) is -0.308. The maximum Gasteiger partial charge on any atom is 0.270 e. The summed E-state index contributed by atoms with van der Waals surface area (Å²) in [6.07, 6.45) is 0.329. The minimum absolute atomic E-state index is 0.0292. The molecule has 0 amide bonds. The van der Waals surface area contributed by atoms with Gasteiger partial charge in [-0.3, -0.25) is 10.1 Å². The molecule has 1 fully saturated rings. The van der Waals surface area contributed by atoms with E-state index in [9.17, 15) is 18.5 Å². The van der Waals surface area contributed by atoms with Crippen molar-refractivity contribution in [1.82, 2.24) is 4.31 Å². The van der Waals surface area contributed by atoms with E-state index in [0.717, 1.165) is 6.07 Å². The molecule has 1 atom stereocenters. The summed E-state index contributed by atoms with van der Waals surface area (Å²) in [5, 5.41) is 10.8. The number of hydrogen-bond donors (Lipinski definition) is 0. The zero-order chi connectivity index (χ0) is 15.6. The Kier molecular flexibility index (Phi) is 4.82. The molecule has 1 unspecified atom stereocenters. The van der Waals surface area contributed by atoms with Gasteiger partial charge in [0.2, 0.25) is 10.0 Å². The lowest BCUT2D eigenvalue weighted by atomic mass is 10.3. The molecule has 0 saturated carbocycles. The van der Waals surface area contributed by atoms with Gasteiger partial charge in [-0.25, -0.2) is 8.42 Å². The largest absolute Gasteiger partial charge is 0.377 e. The van der Waals surface area contributed by atoms with Gasteiger partial charge in [0, 0.05) is 31.8 Å². The summed E-state index contributed by atoms with van der Waals surface area (Å²) in [7, 11) is -3.89. The van der Waals surface area contributed by atoms with Crippen LogP contribution in [0.1, 0.15) is 13.3 Å². The van der Waals surface area contributed by atoms with Gasteiger partial charge in [-0.1, -0.05) is 11.6 Å². The van der Waals surface area contributed by atoms with Crippen LogP contribution >= 0.6 is 11.6 Å². The molecule has 0 aromatic heterocycles. The molecule has 0 aliphatic carbocycles. The lowest BCUT2D eigenvalue weighted by Gasteiger charge is -2.22. The van der Waals surface area contributed by atoms with E-state index in [2.05, 4.69) is 0 Å². The number of nitro benzene ring substituents is 1. The number of nitro groups is 1. The van der Waals surface area contributed by atoms with Gasteiger partial charge in [0.15, 0.2) is 0 Å². The van der Waals surface area contributed by atoms with Crippen LogP contribution in [-0.4, -0.2) is 43.4 Å². The number of rotatable bonds is 3. The number of ether oxygens (including phenoxy) is 1. The van der Waals surface area contributed by atoms with Crippen molar-refractivity contribution in [2.45, 2.75) is 24.3 Å². The van der Waals surface area contributed by atoms with Crippen molar-refractivity contribution < 1.29 is 18.1 Å². The van der Waals surface area contributed by atoms with Crippen molar-refractivity contribution >= 4 is 27.3 Å². The lowest BCUT2D eigenvalue weighted by molar-refractivity contribution is -0.385. The van der Waals surface area contributed by atoms with E-state index < -0.39 is 14.9 Å². The van der Waals surface area contributed by atoms with Crippen LogP contribution in [0.2, 0.25) is 5.02 Å². The monoisotopic (exact) mass is 334 g/mol. The third-order valence-corrected chi connectivity index (χ3v) is 5.51. The zero-order valence-electron chi connectivity index (χ0n) is 11.4. The molecular formula is C12H15ClN2O5S. The number of non-ortho nitro benzene ring substituents is 1. The van der Waals surface area contributed by atoms with Crippen molar-refractivity contribution in [2.24, 2.45) is 0 Å². The molecule has 0 radical (unpaired) electrons. The Hall–Kier alpha value is -1.22. The SMILES string of the molecule is CC1CN(S(=O)(=O)c2cc([N+](=O)[O-])ccc2Cl)CCCO1. The van der Waals surface area contributed by atoms with E-state index in [1.54, 1.807) is 6.92 Å². The van der Waals surface area contributed by atoms with E-state index in [0.29, 0.717) is 19.6 Å². The Bertz CT molecular complexity index is 649. The summed E-state index contributed by atoms with van der Waals surface area (Å²) < 4.78 is 32.0. The van der Waals surface area contributed by atoms with Crippen LogP contribution in [0.3, 0.4) is 0 Å². The first-order valence-electron chi connectivity index (χ1n) is 6.38. The Morgan fingerprint density at radius 3 is 2.86 bits per heavy atom. The van der Waals surface area contributed by atoms with Crippen LogP contribution in [0.25, 0.3) is 0 Å². The first kappa shape index (κ1) is 16.2. The molecule has 21 heavy (non-hydrogen) atoms. The fourth-order valence-corrected chi connectivity index (χ4v) is 4.16. The van der Waals surface area contributed by atoms with Gasteiger partial charge in [-0.2, -0.15) is 4.31 Å². The van der Waals surface area contributed by atoms with Gasteiger partial charge in [0.1, 0.15) is 4.90 Å². The Morgan fingerprint density at radius 1 is 1.48 bits per heavy atom. The first-order valence-corrected chi connectivity index (χ1v) is 8.20. The standard InChI is InChI=1S/C12H15ClN2O5S/c1-9-8-14(5-2-6-20-9)21(18,19)12-7-10(15(16)17)3-4-11(12)13/h3-4,7,9H,2,5-6,8H2,1H3. The molecule has 9 heteroatoms. The minimum atomic E-state index is -3.89. The lowest BCUT2D eigenvalue weighted by Crippen LogP contribution is -2.36. The number of sulfonamides is 1. The van der Waals surface area contributed by atoms with Crippen molar-refractivity contribution in [3.05, 3.63) is 33.3 Å². The van der Waals surface area contributed by atoms with Gasteiger partial charge in [0.25, 0.3) is 5.69 Å². The van der Waals surface area contributed by atoms with E-state index in [1.807, 2.05) is 0 Å². The Balaban J connectivity index is 2.43. The molecule has 1 aromatic rings. The summed E-state index contributed by atoms with van der Waals surface area (Å²) in [5.74, 6) is 0. The third kappa shape index (κ3) is 3.52. The number of halogens is 1. The average Bonchev–Trinajstić information content (AvgIpc) is 2.64. The molecule has 0 N–H and O–H groups in total. The highest BCUT2D eigenvalue weighted by Crippen LogP contribution is 2.29. The van der Waals surface area contributed by atoms with Crippen LogP contribution in [0.4, 0.5) is 5.69 Å². The van der Waals surface area contributed by atoms with Gasteiger partial charge in [-0.15, -0.1) is 0 Å². The molecule has 1 aliphatic rings. The van der Waals surface area contributed by atoms with Gasteiger partial charge in [-0.05, 0) is 19.4 Å². The Labute approximate surface area is 127 Å². The predicted octanol–water partition coefficient (Wildman–Crippen LogP) is 2.05.